The van der Waals surface area contributed by atoms with Gasteiger partial charge in [0.1, 0.15) is 12.1 Å². The van der Waals surface area contributed by atoms with Gasteiger partial charge in [0.25, 0.3) is 5.91 Å². The number of aromatic nitrogens is 1. The molecule has 2 rings (SSSR count). The molecule has 0 fully saturated rings. The molecular formula is C17H15N3O3. The number of imide groups is 1. The Kier molecular flexibility index (Phi) is 5.76. The lowest BCUT2D eigenvalue weighted by atomic mass is 10.2. The molecule has 116 valence electrons. The number of carbonyl (C=O) groups is 3. The molecule has 2 aromatic rings. The van der Waals surface area contributed by atoms with Crippen molar-refractivity contribution in [1.29, 1.82) is 0 Å². The Morgan fingerprint density at radius 1 is 1.09 bits per heavy atom. The van der Waals surface area contributed by atoms with E-state index in [0.29, 0.717) is 12.1 Å². The molecule has 0 saturated carbocycles. The number of hydrogen-bond donors (Lipinski definition) is 1. The molecule has 6 nitrogen and oxygen atoms in total. The zero-order valence-electron chi connectivity index (χ0n) is 12.3. The largest absolute Gasteiger partial charge is 0.330 e. The fourth-order valence-corrected chi connectivity index (χ4v) is 1.78. The third kappa shape index (κ3) is 4.89. The summed E-state index contributed by atoms with van der Waals surface area (Å²) in [6.45, 7) is -0.337. The van der Waals surface area contributed by atoms with Crippen LogP contribution in [0.25, 0.3) is 6.08 Å². The van der Waals surface area contributed by atoms with E-state index in [2.05, 4.69) is 10.3 Å². The molecule has 0 bridgehead atoms. The lowest BCUT2D eigenvalue weighted by Crippen LogP contribution is -2.40. The predicted molar refractivity (Wildman–Crippen MR) is 86.5 cm³/mol. The summed E-state index contributed by atoms with van der Waals surface area (Å²) in [4.78, 5) is 39.7. The number of anilines is 1. The van der Waals surface area contributed by atoms with Gasteiger partial charge in [0.15, 0.2) is 0 Å². The maximum atomic E-state index is 12.1. The summed E-state index contributed by atoms with van der Waals surface area (Å²) in [5.41, 5.74) is 0.817. The zero-order chi connectivity index (χ0) is 16.5. The smallest absolute Gasteiger partial charge is 0.301 e. The van der Waals surface area contributed by atoms with Crippen LogP contribution in [-0.2, 0) is 9.59 Å². The van der Waals surface area contributed by atoms with E-state index in [1.165, 1.54) is 12.3 Å². The zero-order valence-corrected chi connectivity index (χ0v) is 12.3. The second kappa shape index (κ2) is 8.23. The van der Waals surface area contributed by atoms with Crippen LogP contribution < -0.4 is 5.32 Å². The minimum Gasteiger partial charge on any atom is -0.301 e. The summed E-state index contributed by atoms with van der Waals surface area (Å²) in [7, 11) is 0. The van der Waals surface area contributed by atoms with E-state index in [1.807, 2.05) is 30.3 Å². The third-order valence-electron chi connectivity index (χ3n) is 2.89. The van der Waals surface area contributed by atoms with Crippen LogP contribution in [0.1, 0.15) is 5.56 Å². The minimum atomic E-state index is -0.710. The summed E-state index contributed by atoms with van der Waals surface area (Å²) < 4.78 is 0. The molecule has 1 N–H and O–H groups in total. The van der Waals surface area contributed by atoms with Gasteiger partial charge in [-0.15, -0.1) is 0 Å². The van der Waals surface area contributed by atoms with Crippen molar-refractivity contribution in [2.24, 2.45) is 0 Å². The summed E-state index contributed by atoms with van der Waals surface area (Å²) in [5, 5.41) is 2.47. The normalized spacial score (nSPS) is 10.3. The first-order valence-corrected chi connectivity index (χ1v) is 6.91. The van der Waals surface area contributed by atoms with Gasteiger partial charge in [-0.1, -0.05) is 36.4 Å². The number of nitrogens with one attached hydrogen (secondary N) is 1. The molecule has 0 spiro atoms. The molecule has 1 heterocycles. The second-order valence-electron chi connectivity index (χ2n) is 4.50. The Morgan fingerprint density at radius 3 is 2.48 bits per heavy atom. The Morgan fingerprint density at radius 2 is 1.83 bits per heavy atom. The summed E-state index contributed by atoms with van der Waals surface area (Å²) >= 11 is 0. The van der Waals surface area contributed by atoms with Gasteiger partial charge in [-0.3, -0.25) is 15.0 Å². The summed E-state index contributed by atoms with van der Waals surface area (Å²) in [6, 6.07) is 13.4. The number of hydrogen-bond acceptors (Lipinski definition) is 4. The van der Waals surface area contributed by atoms with Gasteiger partial charge in [-0.25, -0.2) is 9.78 Å². The predicted octanol–water partition coefficient (Wildman–Crippen LogP) is 2.35. The molecule has 0 radical (unpaired) electrons. The first kappa shape index (κ1) is 16.1. The lowest BCUT2D eigenvalue weighted by molar-refractivity contribution is -0.125. The van der Waals surface area contributed by atoms with E-state index in [4.69, 9.17) is 0 Å². The highest BCUT2D eigenvalue weighted by atomic mass is 16.2. The fraction of sp³-hybridized carbons (Fsp3) is 0.0588. The second-order valence-corrected chi connectivity index (χ2v) is 4.50. The minimum absolute atomic E-state index is 0.299. The highest BCUT2D eigenvalue weighted by molar-refractivity contribution is 6.07. The molecule has 0 aliphatic carbocycles. The SMILES string of the molecule is O=CCN(C(=O)/C=C/c1ccccc1)C(=O)Nc1ccccn1. The van der Waals surface area contributed by atoms with E-state index in [-0.39, 0.29) is 6.54 Å². The molecule has 6 heteroatoms. The number of aldehydes is 1. The number of amides is 3. The fourth-order valence-electron chi connectivity index (χ4n) is 1.78. The van der Waals surface area contributed by atoms with Crippen LogP contribution in [0.5, 0.6) is 0 Å². The van der Waals surface area contributed by atoms with Crippen LogP contribution >= 0.6 is 0 Å². The van der Waals surface area contributed by atoms with Gasteiger partial charge < -0.3 is 4.79 Å². The quantitative estimate of drug-likeness (QED) is 0.679. The van der Waals surface area contributed by atoms with Crippen molar-refractivity contribution in [3.8, 4) is 0 Å². The van der Waals surface area contributed by atoms with Crippen LogP contribution in [0.3, 0.4) is 0 Å². The topological polar surface area (TPSA) is 79.4 Å². The monoisotopic (exact) mass is 309 g/mol. The van der Waals surface area contributed by atoms with E-state index in [9.17, 15) is 14.4 Å². The molecule has 23 heavy (non-hydrogen) atoms. The molecule has 0 aliphatic heterocycles. The van der Waals surface area contributed by atoms with Crippen molar-refractivity contribution in [1.82, 2.24) is 9.88 Å². The van der Waals surface area contributed by atoms with Gasteiger partial charge in [-0.2, -0.15) is 0 Å². The highest BCUT2D eigenvalue weighted by Crippen LogP contribution is 2.05. The van der Waals surface area contributed by atoms with Gasteiger partial charge in [0, 0.05) is 12.3 Å². The standard InChI is InChI=1S/C17H15N3O3/c21-13-12-20(17(23)19-15-8-4-5-11-18-15)16(22)10-9-14-6-2-1-3-7-14/h1-11,13H,12H2,(H,18,19,23)/b10-9+. The Bertz CT molecular complexity index is 700. The number of carbonyl (C=O) groups excluding carboxylic acids is 3. The number of urea groups is 1. The van der Waals surface area contributed by atoms with E-state index >= 15 is 0 Å². The maximum Gasteiger partial charge on any atom is 0.330 e. The molecule has 0 saturated heterocycles. The van der Waals surface area contributed by atoms with Gasteiger partial charge in [0.2, 0.25) is 0 Å². The van der Waals surface area contributed by atoms with Crippen LogP contribution in [0.15, 0.2) is 60.8 Å². The van der Waals surface area contributed by atoms with Crippen molar-refractivity contribution >= 4 is 30.1 Å². The van der Waals surface area contributed by atoms with Crippen molar-refractivity contribution in [3.05, 3.63) is 66.4 Å². The lowest BCUT2D eigenvalue weighted by Gasteiger charge is -2.16. The van der Waals surface area contributed by atoms with Crippen molar-refractivity contribution in [2.45, 2.75) is 0 Å². The molecule has 0 atom stereocenters. The van der Waals surface area contributed by atoms with E-state index in [1.54, 1.807) is 24.3 Å². The molecular weight excluding hydrogens is 294 g/mol. The Labute approximate surface area is 133 Å². The molecule has 3 amide bonds. The van der Waals surface area contributed by atoms with Gasteiger partial charge >= 0.3 is 6.03 Å². The van der Waals surface area contributed by atoms with E-state index < -0.39 is 11.9 Å². The Hall–Kier alpha value is -3.28. The first-order valence-electron chi connectivity index (χ1n) is 6.91. The summed E-state index contributed by atoms with van der Waals surface area (Å²) in [5.74, 6) is -0.289. The van der Waals surface area contributed by atoms with Crippen LogP contribution in [0.2, 0.25) is 0 Å². The molecule has 0 unspecified atom stereocenters. The van der Waals surface area contributed by atoms with Crippen LogP contribution in [-0.4, -0.2) is 34.7 Å². The number of rotatable bonds is 5. The van der Waals surface area contributed by atoms with Crippen molar-refractivity contribution in [2.75, 3.05) is 11.9 Å². The molecule has 0 aliphatic rings. The highest BCUT2D eigenvalue weighted by Gasteiger charge is 2.19. The average Bonchev–Trinajstić information content (AvgIpc) is 2.59. The van der Waals surface area contributed by atoms with Crippen molar-refractivity contribution < 1.29 is 14.4 Å². The summed E-state index contributed by atoms with van der Waals surface area (Å²) in [6.07, 6.45) is 4.83. The third-order valence-corrected chi connectivity index (χ3v) is 2.89. The molecule has 1 aromatic carbocycles. The maximum absolute atomic E-state index is 12.1. The number of nitrogens with zero attached hydrogens (tertiary/aromatic N) is 2. The Balaban J connectivity index is 2.07. The molecule has 1 aromatic heterocycles. The average molecular weight is 309 g/mol. The van der Waals surface area contributed by atoms with Crippen LogP contribution in [0.4, 0.5) is 10.6 Å². The van der Waals surface area contributed by atoms with Crippen LogP contribution in [0, 0.1) is 0 Å². The number of pyridine rings is 1. The van der Waals surface area contributed by atoms with Gasteiger partial charge in [-0.05, 0) is 23.8 Å². The van der Waals surface area contributed by atoms with Crippen molar-refractivity contribution in [3.63, 3.8) is 0 Å². The van der Waals surface area contributed by atoms with Gasteiger partial charge in [0.05, 0.1) is 6.54 Å². The first-order chi connectivity index (χ1) is 11.2. The van der Waals surface area contributed by atoms with E-state index in [0.717, 1.165) is 10.5 Å². The number of benzene rings is 1.